The number of amides is 2. The minimum atomic E-state index is -0.133. The number of nitrogens with zero attached hydrogens (tertiary/aromatic N) is 2. The number of benzene rings is 2. The summed E-state index contributed by atoms with van der Waals surface area (Å²) in [5, 5.41) is 4.02. The zero-order valence-corrected chi connectivity index (χ0v) is 19.6. The van der Waals surface area contributed by atoms with Crippen LogP contribution in [0, 0.1) is 13.8 Å². The van der Waals surface area contributed by atoms with Crippen molar-refractivity contribution in [1.29, 1.82) is 0 Å². The predicted molar refractivity (Wildman–Crippen MR) is 130 cm³/mol. The number of nitrogens with one attached hydrogen (secondary N) is 1. The van der Waals surface area contributed by atoms with Gasteiger partial charge in [0.15, 0.2) is 6.61 Å². The van der Waals surface area contributed by atoms with E-state index in [9.17, 15) is 9.59 Å². The summed E-state index contributed by atoms with van der Waals surface area (Å²) in [5.74, 6) is 1.68. The van der Waals surface area contributed by atoms with E-state index in [4.69, 9.17) is 4.74 Å². The summed E-state index contributed by atoms with van der Waals surface area (Å²) in [5.41, 5.74) is 7.09. The molecule has 2 aromatic rings. The van der Waals surface area contributed by atoms with Gasteiger partial charge in [0.05, 0.1) is 12.0 Å². The molecule has 0 aromatic heterocycles. The fourth-order valence-electron chi connectivity index (χ4n) is 3.65. The second kappa shape index (κ2) is 12.3. The number of aryl methyl sites for hydroxylation is 2. The minimum Gasteiger partial charge on any atom is -0.484 e. The fraction of sp³-hybridized carbons (Fsp3) is 0.400. The van der Waals surface area contributed by atoms with Crippen molar-refractivity contribution in [2.75, 3.05) is 25.4 Å². The number of hydrogen-bond donors (Lipinski definition) is 1. The molecule has 3 rings (SSSR count). The van der Waals surface area contributed by atoms with Crippen molar-refractivity contribution in [3.8, 4) is 5.75 Å². The number of piperidine rings is 1. The van der Waals surface area contributed by atoms with Gasteiger partial charge in [0, 0.05) is 18.8 Å². The molecule has 1 heterocycles. The molecule has 0 unspecified atom stereocenters. The molecule has 0 bridgehead atoms. The van der Waals surface area contributed by atoms with Crippen LogP contribution >= 0.6 is 11.8 Å². The number of hydrogen-bond acceptors (Lipinski definition) is 5. The average Bonchev–Trinajstić information content (AvgIpc) is 2.78. The number of likely N-dealkylation sites (tertiary alicyclic amines) is 1. The lowest BCUT2D eigenvalue weighted by Gasteiger charge is -2.26. The molecule has 0 aliphatic carbocycles. The molecule has 0 saturated carbocycles. The van der Waals surface area contributed by atoms with Gasteiger partial charge in [-0.15, -0.1) is 11.8 Å². The number of carbonyl (C=O) groups is 2. The van der Waals surface area contributed by atoms with Crippen LogP contribution in [0.15, 0.2) is 47.6 Å². The maximum atomic E-state index is 12.2. The maximum Gasteiger partial charge on any atom is 0.260 e. The van der Waals surface area contributed by atoms with Gasteiger partial charge in [-0.3, -0.25) is 9.59 Å². The maximum absolute atomic E-state index is 12.2. The summed E-state index contributed by atoms with van der Waals surface area (Å²) in [6.07, 6.45) is 4.93. The van der Waals surface area contributed by atoms with Crippen LogP contribution in [0.2, 0.25) is 0 Å². The van der Waals surface area contributed by atoms with Crippen molar-refractivity contribution < 1.29 is 14.3 Å². The van der Waals surface area contributed by atoms with E-state index in [1.807, 2.05) is 17.0 Å². The van der Waals surface area contributed by atoms with Gasteiger partial charge in [0.25, 0.3) is 5.91 Å². The molecule has 1 saturated heterocycles. The van der Waals surface area contributed by atoms with Gasteiger partial charge in [0.1, 0.15) is 5.75 Å². The van der Waals surface area contributed by atoms with E-state index in [1.54, 1.807) is 30.1 Å². The molecule has 7 heteroatoms. The smallest absolute Gasteiger partial charge is 0.260 e. The monoisotopic (exact) mass is 453 g/mol. The van der Waals surface area contributed by atoms with Gasteiger partial charge in [-0.05, 0) is 68.5 Å². The van der Waals surface area contributed by atoms with Crippen molar-refractivity contribution in [2.45, 2.75) is 38.9 Å². The summed E-state index contributed by atoms with van der Waals surface area (Å²) in [6.45, 7) is 5.87. The van der Waals surface area contributed by atoms with Gasteiger partial charge in [-0.1, -0.05) is 29.3 Å². The van der Waals surface area contributed by atoms with Crippen molar-refractivity contribution in [2.24, 2.45) is 5.10 Å². The first kappa shape index (κ1) is 23.9. The average molecular weight is 454 g/mol. The Bertz CT molecular complexity index is 918. The SMILES string of the molecule is Cc1cc(C)cc(CSCC(=O)N/N=C\c2ccc(OCC(=O)N3CCCCC3)cc2)c1. The minimum absolute atomic E-state index is 0.0356. The third-order valence-corrected chi connectivity index (χ3v) is 6.14. The number of hydrazone groups is 1. The summed E-state index contributed by atoms with van der Waals surface area (Å²) in [7, 11) is 0. The van der Waals surface area contributed by atoms with Crippen LogP contribution in [0.5, 0.6) is 5.75 Å². The highest BCUT2D eigenvalue weighted by molar-refractivity contribution is 7.99. The number of ether oxygens (including phenoxy) is 1. The van der Waals surface area contributed by atoms with Crippen LogP contribution in [0.1, 0.15) is 41.5 Å². The summed E-state index contributed by atoms with van der Waals surface area (Å²) < 4.78 is 5.61. The number of thioether (sulfide) groups is 1. The molecule has 32 heavy (non-hydrogen) atoms. The molecule has 1 fully saturated rings. The highest BCUT2D eigenvalue weighted by Gasteiger charge is 2.16. The highest BCUT2D eigenvalue weighted by Crippen LogP contribution is 2.16. The van der Waals surface area contributed by atoms with Gasteiger partial charge in [0.2, 0.25) is 5.91 Å². The molecule has 1 aliphatic rings. The zero-order valence-electron chi connectivity index (χ0n) is 18.8. The van der Waals surface area contributed by atoms with Gasteiger partial charge in [-0.25, -0.2) is 5.43 Å². The van der Waals surface area contributed by atoms with Gasteiger partial charge >= 0.3 is 0 Å². The Morgan fingerprint density at radius 1 is 1.06 bits per heavy atom. The van der Waals surface area contributed by atoms with Crippen molar-refractivity contribution in [3.63, 3.8) is 0 Å². The molecule has 2 amide bonds. The molecule has 1 N–H and O–H groups in total. The van der Waals surface area contributed by atoms with E-state index in [-0.39, 0.29) is 18.4 Å². The molecule has 6 nitrogen and oxygen atoms in total. The first-order valence-electron chi connectivity index (χ1n) is 11.0. The largest absolute Gasteiger partial charge is 0.484 e. The van der Waals surface area contributed by atoms with E-state index >= 15 is 0 Å². The summed E-state index contributed by atoms with van der Waals surface area (Å²) in [6, 6.07) is 13.7. The van der Waals surface area contributed by atoms with Crippen LogP contribution in [0.25, 0.3) is 0 Å². The second-order valence-corrected chi connectivity index (χ2v) is 9.07. The quantitative estimate of drug-likeness (QED) is 0.459. The summed E-state index contributed by atoms with van der Waals surface area (Å²) in [4.78, 5) is 26.0. The van der Waals surface area contributed by atoms with Crippen LogP contribution in [0.4, 0.5) is 0 Å². The fourth-order valence-corrected chi connectivity index (χ4v) is 4.41. The molecule has 2 aromatic carbocycles. The Morgan fingerprint density at radius 2 is 1.75 bits per heavy atom. The van der Waals surface area contributed by atoms with E-state index in [1.165, 1.54) is 23.1 Å². The summed E-state index contributed by atoms with van der Waals surface area (Å²) >= 11 is 1.56. The van der Waals surface area contributed by atoms with Crippen LogP contribution in [-0.2, 0) is 15.3 Å². The van der Waals surface area contributed by atoms with E-state index in [0.29, 0.717) is 11.5 Å². The second-order valence-electron chi connectivity index (χ2n) is 8.08. The number of carbonyl (C=O) groups excluding carboxylic acids is 2. The van der Waals surface area contributed by atoms with E-state index < -0.39 is 0 Å². The zero-order chi connectivity index (χ0) is 22.8. The molecular weight excluding hydrogens is 422 g/mol. The first-order valence-corrected chi connectivity index (χ1v) is 12.1. The van der Waals surface area contributed by atoms with E-state index in [0.717, 1.165) is 37.2 Å². The molecule has 170 valence electrons. The molecule has 0 spiro atoms. The van der Waals surface area contributed by atoms with Crippen LogP contribution in [0.3, 0.4) is 0 Å². The topological polar surface area (TPSA) is 71.0 Å². The molecular formula is C25H31N3O3S. The molecule has 0 radical (unpaired) electrons. The standard InChI is InChI=1S/C25H31N3O3S/c1-19-12-20(2)14-22(13-19)17-32-18-24(29)27-26-15-21-6-8-23(9-7-21)31-16-25(30)28-10-4-3-5-11-28/h6-9,12-15H,3-5,10-11,16-18H2,1-2H3,(H,27,29)/b26-15-. The Morgan fingerprint density at radius 3 is 2.44 bits per heavy atom. The van der Waals surface area contributed by atoms with Crippen molar-refractivity contribution in [1.82, 2.24) is 10.3 Å². The van der Waals surface area contributed by atoms with Crippen LogP contribution in [-0.4, -0.2) is 48.4 Å². The van der Waals surface area contributed by atoms with Crippen molar-refractivity contribution in [3.05, 3.63) is 64.7 Å². The highest BCUT2D eigenvalue weighted by atomic mass is 32.2. The van der Waals surface area contributed by atoms with Gasteiger partial charge < -0.3 is 9.64 Å². The Hall–Kier alpha value is -2.80. The third kappa shape index (κ3) is 8.04. The third-order valence-electron chi connectivity index (χ3n) is 5.14. The normalized spacial score (nSPS) is 13.9. The predicted octanol–water partition coefficient (Wildman–Crippen LogP) is 4.08. The van der Waals surface area contributed by atoms with Crippen LogP contribution < -0.4 is 10.2 Å². The van der Waals surface area contributed by atoms with Crippen molar-refractivity contribution >= 4 is 29.8 Å². The lowest BCUT2D eigenvalue weighted by Crippen LogP contribution is -2.38. The lowest BCUT2D eigenvalue weighted by molar-refractivity contribution is -0.134. The first-order chi connectivity index (χ1) is 15.5. The Labute approximate surface area is 194 Å². The van der Waals surface area contributed by atoms with Gasteiger partial charge in [-0.2, -0.15) is 5.10 Å². The lowest BCUT2D eigenvalue weighted by atomic mass is 10.1. The molecule has 1 aliphatic heterocycles. The molecule has 0 atom stereocenters. The Balaban J connectivity index is 1.35. The van der Waals surface area contributed by atoms with E-state index in [2.05, 4.69) is 42.6 Å². The number of rotatable bonds is 9. The Kier molecular flexibility index (Phi) is 9.16.